The molecule has 1 unspecified atom stereocenters. The van der Waals surface area contributed by atoms with Gasteiger partial charge < -0.3 is 11.1 Å². The van der Waals surface area contributed by atoms with Gasteiger partial charge in [0.1, 0.15) is 0 Å². The van der Waals surface area contributed by atoms with Gasteiger partial charge in [-0.1, -0.05) is 13.8 Å². The molecule has 0 aliphatic heterocycles. The molecule has 1 aromatic rings. The lowest BCUT2D eigenvalue weighted by atomic mass is 10.0. The van der Waals surface area contributed by atoms with Gasteiger partial charge in [0, 0.05) is 29.2 Å². The van der Waals surface area contributed by atoms with Gasteiger partial charge in [0.2, 0.25) is 0 Å². The van der Waals surface area contributed by atoms with Gasteiger partial charge in [0.15, 0.2) is 0 Å². The number of amides is 1. The highest BCUT2D eigenvalue weighted by Gasteiger charge is 2.18. The Bertz CT molecular complexity index is 511. The second-order valence-corrected chi connectivity index (χ2v) is 5.81. The minimum atomic E-state index is -0.506. The molecule has 0 radical (unpaired) electrons. The van der Waals surface area contributed by atoms with Crippen LogP contribution in [0.25, 0.3) is 0 Å². The highest BCUT2D eigenvalue weighted by atomic mass is 79.9. The Kier molecular flexibility index (Phi) is 8.46. The second-order valence-electron chi connectivity index (χ2n) is 4.96. The van der Waals surface area contributed by atoms with Crippen molar-refractivity contribution in [3.8, 4) is 0 Å². The molecular formula is C13H19BrClN3O3. The maximum atomic E-state index is 12.1. The van der Waals surface area contributed by atoms with Crippen LogP contribution >= 0.6 is 28.3 Å². The molecular weight excluding hydrogens is 362 g/mol. The third-order valence-electron chi connectivity index (χ3n) is 2.78. The van der Waals surface area contributed by atoms with Gasteiger partial charge in [-0.2, -0.15) is 0 Å². The second kappa shape index (κ2) is 8.96. The van der Waals surface area contributed by atoms with Crippen LogP contribution < -0.4 is 11.1 Å². The minimum absolute atomic E-state index is 0. The van der Waals surface area contributed by atoms with Gasteiger partial charge in [-0.05, 0) is 34.3 Å². The van der Waals surface area contributed by atoms with Crippen molar-refractivity contribution in [2.75, 3.05) is 6.54 Å². The summed E-state index contributed by atoms with van der Waals surface area (Å²) < 4.78 is 0.393. The number of hydrogen-bond donors (Lipinski definition) is 2. The number of hydrogen-bond acceptors (Lipinski definition) is 4. The van der Waals surface area contributed by atoms with Gasteiger partial charge >= 0.3 is 0 Å². The molecule has 1 atom stereocenters. The normalized spacial score (nSPS) is 11.7. The predicted molar refractivity (Wildman–Crippen MR) is 87.8 cm³/mol. The van der Waals surface area contributed by atoms with E-state index in [-0.39, 0.29) is 30.0 Å². The Morgan fingerprint density at radius 2 is 2.10 bits per heavy atom. The van der Waals surface area contributed by atoms with Crippen LogP contribution in [0.4, 0.5) is 5.69 Å². The van der Waals surface area contributed by atoms with Crippen molar-refractivity contribution >= 4 is 39.9 Å². The summed E-state index contributed by atoms with van der Waals surface area (Å²) in [5, 5.41) is 13.5. The van der Waals surface area contributed by atoms with E-state index >= 15 is 0 Å². The maximum absolute atomic E-state index is 12.1. The fourth-order valence-corrected chi connectivity index (χ4v) is 2.39. The molecule has 0 fully saturated rings. The van der Waals surface area contributed by atoms with Crippen molar-refractivity contribution in [1.29, 1.82) is 0 Å². The number of nitrogens with zero attached hydrogens (tertiary/aromatic N) is 1. The number of non-ortho nitro benzene ring substituents is 1. The van der Waals surface area contributed by atoms with E-state index in [0.29, 0.717) is 22.5 Å². The van der Waals surface area contributed by atoms with Crippen molar-refractivity contribution in [1.82, 2.24) is 5.32 Å². The Hall–Kier alpha value is -1.18. The molecule has 8 heteroatoms. The first kappa shape index (κ1) is 19.8. The summed E-state index contributed by atoms with van der Waals surface area (Å²) in [7, 11) is 0. The van der Waals surface area contributed by atoms with Crippen LogP contribution in [0.2, 0.25) is 0 Å². The molecule has 0 spiro atoms. The quantitative estimate of drug-likeness (QED) is 0.585. The van der Waals surface area contributed by atoms with Crippen LogP contribution in [-0.4, -0.2) is 23.4 Å². The molecule has 21 heavy (non-hydrogen) atoms. The van der Waals surface area contributed by atoms with Crippen molar-refractivity contribution < 1.29 is 9.72 Å². The van der Waals surface area contributed by atoms with Crippen LogP contribution in [0, 0.1) is 16.0 Å². The van der Waals surface area contributed by atoms with Crippen LogP contribution in [0.15, 0.2) is 22.7 Å². The topological polar surface area (TPSA) is 98.3 Å². The standard InChI is InChI=1S/C13H18BrN3O3.ClH/c1-8(2)5-9(7-15)16-13(18)11-4-3-10(17(19)20)6-12(11)14;/h3-4,6,8-9H,5,7,15H2,1-2H3,(H,16,18);1H. The van der Waals surface area contributed by atoms with Crippen LogP contribution in [-0.2, 0) is 0 Å². The summed E-state index contributed by atoms with van der Waals surface area (Å²) in [6.07, 6.45) is 0.785. The third-order valence-corrected chi connectivity index (χ3v) is 3.44. The third kappa shape index (κ3) is 5.99. The van der Waals surface area contributed by atoms with Crippen molar-refractivity contribution in [3.05, 3.63) is 38.3 Å². The number of rotatable bonds is 6. The highest BCUT2D eigenvalue weighted by molar-refractivity contribution is 9.10. The van der Waals surface area contributed by atoms with E-state index in [2.05, 4.69) is 35.1 Å². The fourth-order valence-electron chi connectivity index (χ4n) is 1.85. The average molecular weight is 381 g/mol. The first-order valence-electron chi connectivity index (χ1n) is 6.30. The SMILES string of the molecule is CC(C)CC(CN)NC(=O)c1ccc([N+](=O)[O-])cc1Br.Cl. The molecule has 3 N–H and O–H groups in total. The summed E-state index contributed by atoms with van der Waals surface area (Å²) in [5.74, 6) is 0.132. The zero-order valence-corrected chi connectivity index (χ0v) is 14.2. The number of carbonyl (C=O) groups is 1. The van der Waals surface area contributed by atoms with Crippen molar-refractivity contribution in [2.24, 2.45) is 11.7 Å². The van der Waals surface area contributed by atoms with Crippen LogP contribution in [0.1, 0.15) is 30.6 Å². The maximum Gasteiger partial charge on any atom is 0.270 e. The number of carbonyl (C=O) groups excluding carboxylic acids is 1. The van der Waals surface area contributed by atoms with E-state index < -0.39 is 4.92 Å². The van der Waals surface area contributed by atoms with Crippen molar-refractivity contribution in [3.63, 3.8) is 0 Å². The lowest BCUT2D eigenvalue weighted by molar-refractivity contribution is -0.384. The molecule has 1 rings (SSSR count). The molecule has 0 saturated carbocycles. The first-order valence-corrected chi connectivity index (χ1v) is 7.09. The average Bonchev–Trinajstić information content (AvgIpc) is 2.36. The van der Waals surface area contributed by atoms with Gasteiger partial charge in [0.25, 0.3) is 11.6 Å². The molecule has 1 amide bonds. The zero-order valence-electron chi connectivity index (χ0n) is 11.8. The fraction of sp³-hybridized carbons (Fsp3) is 0.462. The summed E-state index contributed by atoms with van der Waals surface area (Å²) in [4.78, 5) is 22.3. The van der Waals surface area contributed by atoms with E-state index in [4.69, 9.17) is 5.73 Å². The van der Waals surface area contributed by atoms with Gasteiger partial charge in [-0.15, -0.1) is 12.4 Å². The summed E-state index contributed by atoms with van der Waals surface area (Å²) >= 11 is 3.18. The highest BCUT2D eigenvalue weighted by Crippen LogP contribution is 2.23. The van der Waals surface area contributed by atoms with Gasteiger partial charge in [-0.3, -0.25) is 14.9 Å². The van der Waals surface area contributed by atoms with Gasteiger partial charge in [0.05, 0.1) is 10.5 Å². The number of nitrogens with two attached hydrogens (primary N) is 1. The van der Waals surface area contributed by atoms with Crippen LogP contribution in [0.3, 0.4) is 0 Å². The molecule has 6 nitrogen and oxygen atoms in total. The number of nitro benzene ring substituents is 1. The number of nitrogens with one attached hydrogen (secondary N) is 1. The van der Waals surface area contributed by atoms with E-state index in [9.17, 15) is 14.9 Å². The Morgan fingerprint density at radius 1 is 1.48 bits per heavy atom. The Morgan fingerprint density at radius 3 is 2.52 bits per heavy atom. The molecule has 0 aliphatic rings. The monoisotopic (exact) mass is 379 g/mol. The number of benzene rings is 1. The molecule has 118 valence electrons. The number of halogens is 2. The summed E-state index contributed by atoms with van der Waals surface area (Å²) in [6, 6.07) is 3.94. The van der Waals surface area contributed by atoms with E-state index in [1.165, 1.54) is 18.2 Å². The molecule has 0 aromatic heterocycles. The predicted octanol–water partition coefficient (Wildman–Crippen LogP) is 2.88. The van der Waals surface area contributed by atoms with Crippen LogP contribution in [0.5, 0.6) is 0 Å². The lowest BCUT2D eigenvalue weighted by Gasteiger charge is -2.19. The molecule has 0 saturated heterocycles. The Labute approximate surface area is 138 Å². The largest absolute Gasteiger partial charge is 0.348 e. The summed E-state index contributed by atoms with van der Waals surface area (Å²) in [5.41, 5.74) is 5.93. The van der Waals surface area contributed by atoms with Gasteiger partial charge in [-0.25, -0.2) is 0 Å². The zero-order chi connectivity index (χ0) is 15.3. The number of nitro groups is 1. The van der Waals surface area contributed by atoms with E-state index in [1.807, 2.05) is 0 Å². The lowest BCUT2D eigenvalue weighted by Crippen LogP contribution is -2.41. The molecule has 0 bridgehead atoms. The first-order chi connectivity index (χ1) is 9.35. The smallest absolute Gasteiger partial charge is 0.270 e. The molecule has 0 aliphatic carbocycles. The summed E-state index contributed by atoms with van der Waals surface area (Å²) in [6.45, 7) is 4.46. The molecule has 1 aromatic carbocycles. The van der Waals surface area contributed by atoms with Crippen molar-refractivity contribution in [2.45, 2.75) is 26.3 Å². The Balaban J connectivity index is 0.00000400. The minimum Gasteiger partial charge on any atom is -0.348 e. The van der Waals surface area contributed by atoms with E-state index in [1.54, 1.807) is 0 Å². The molecule has 0 heterocycles. The van der Waals surface area contributed by atoms with E-state index in [0.717, 1.165) is 6.42 Å².